The Kier molecular flexibility index (Phi) is 7.46. The number of hydrogen-bond donors (Lipinski definition) is 1. The van der Waals surface area contributed by atoms with E-state index in [9.17, 15) is 9.59 Å². The second-order valence-electron chi connectivity index (χ2n) is 5.16. The second-order valence-corrected chi connectivity index (χ2v) is 5.16. The Morgan fingerprint density at radius 2 is 1.95 bits per heavy atom. The number of carbonyl (C=O) groups excluding carboxylic acids is 1. The summed E-state index contributed by atoms with van der Waals surface area (Å²) in [5.41, 5.74) is 1.11. The molecule has 0 aliphatic rings. The van der Waals surface area contributed by atoms with Crippen molar-refractivity contribution in [3.8, 4) is 0 Å². The lowest BCUT2D eigenvalue weighted by molar-refractivity contribution is -0.142. The molecular formula is C16H23NO4. The Hall–Kier alpha value is -1.88. The molecule has 5 nitrogen and oxygen atoms in total. The molecule has 0 aliphatic heterocycles. The molecule has 1 unspecified atom stereocenters. The zero-order chi connectivity index (χ0) is 15.7. The van der Waals surface area contributed by atoms with Crippen LogP contribution in [0.3, 0.4) is 0 Å². The fourth-order valence-electron chi connectivity index (χ4n) is 1.87. The van der Waals surface area contributed by atoms with Gasteiger partial charge in [-0.3, -0.25) is 9.59 Å². The van der Waals surface area contributed by atoms with Crippen molar-refractivity contribution in [1.82, 2.24) is 4.90 Å². The SMILES string of the molecule is CC(CN(C)C(=O)CCCOCc1ccccc1)C(=O)O. The Balaban J connectivity index is 2.14. The monoisotopic (exact) mass is 293 g/mol. The molecule has 1 rings (SSSR count). The van der Waals surface area contributed by atoms with Gasteiger partial charge in [0.25, 0.3) is 0 Å². The van der Waals surface area contributed by atoms with Crippen LogP contribution in [0.2, 0.25) is 0 Å². The third-order valence-electron chi connectivity index (χ3n) is 3.19. The highest BCUT2D eigenvalue weighted by molar-refractivity contribution is 5.77. The Morgan fingerprint density at radius 3 is 2.57 bits per heavy atom. The van der Waals surface area contributed by atoms with Crippen LogP contribution in [0.15, 0.2) is 30.3 Å². The van der Waals surface area contributed by atoms with Gasteiger partial charge >= 0.3 is 5.97 Å². The van der Waals surface area contributed by atoms with Crippen molar-refractivity contribution in [3.63, 3.8) is 0 Å². The highest BCUT2D eigenvalue weighted by atomic mass is 16.5. The average molecular weight is 293 g/mol. The van der Waals surface area contributed by atoms with Gasteiger partial charge in [0.05, 0.1) is 12.5 Å². The summed E-state index contributed by atoms with van der Waals surface area (Å²) in [5, 5.41) is 8.81. The number of ether oxygens (including phenoxy) is 1. The molecule has 0 spiro atoms. The normalized spacial score (nSPS) is 11.9. The van der Waals surface area contributed by atoms with Crippen LogP contribution in [0.1, 0.15) is 25.3 Å². The maximum absolute atomic E-state index is 11.8. The minimum Gasteiger partial charge on any atom is -0.481 e. The highest BCUT2D eigenvalue weighted by Gasteiger charge is 2.16. The van der Waals surface area contributed by atoms with Gasteiger partial charge in [0.2, 0.25) is 5.91 Å². The van der Waals surface area contributed by atoms with Crippen LogP contribution in [0.25, 0.3) is 0 Å². The minimum atomic E-state index is -0.888. The van der Waals surface area contributed by atoms with Crippen molar-refractivity contribution in [2.75, 3.05) is 20.2 Å². The number of hydrogen-bond acceptors (Lipinski definition) is 3. The van der Waals surface area contributed by atoms with Crippen LogP contribution in [0.4, 0.5) is 0 Å². The van der Waals surface area contributed by atoms with E-state index in [1.54, 1.807) is 14.0 Å². The number of carbonyl (C=O) groups is 2. The predicted molar refractivity (Wildman–Crippen MR) is 79.8 cm³/mol. The first-order valence-corrected chi connectivity index (χ1v) is 7.09. The maximum Gasteiger partial charge on any atom is 0.308 e. The molecule has 0 saturated carbocycles. The zero-order valence-corrected chi connectivity index (χ0v) is 12.6. The van der Waals surface area contributed by atoms with Crippen LogP contribution >= 0.6 is 0 Å². The molecule has 0 aliphatic carbocycles. The topological polar surface area (TPSA) is 66.8 Å². The first kappa shape index (κ1) is 17.2. The molecule has 1 amide bonds. The van der Waals surface area contributed by atoms with Gasteiger partial charge in [-0.1, -0.05) is 37.3 Å². The molecule has 0 aromatic heterocycles. The Labute approximate surface area is 125 Å². The van der Waals surface area contributed by atoms with Crippen molar-refractivity contribution >= 4 is 11.9 Å². The number of rotatable bonds is 9. The standard InChI is InChI=1S/C16H23NO4/c1-13(16(19)20)11-17(2)15(18)9-6-10-21-12-14-7-4-3-5-8-14/h3-5,7-8,13H,6,9-12H2,1-2H3,(H,19,20). The molecule has 0 fully saturated rings. The van der Waals surface area contributed by atoms with Crippen LogP contribution in [0, 0.1) is 5.92 Å². The minimum absolute atomic E-state index is 0.0496. The molecule has 21 heavy (non-hydrogen) atoms. The zero-order valence-electron chi connectivity index (χ0n) is 12.6. The maximum atomic E-state index is 11.8. The summed E-state index contributed by atoms with van der Waals surface area (Å²) in [7, 11) is 1.63. The van der Waals surface area contributed by atoms with Crippen molar-refractivity contribution in [2.24, 2.45) is 5.92 Å². The molecule has 1 aromatic carbocycles. The molecular weight excluding hydrogens is 270 g/mol. The molecule has 0 bridgehead atoms. The largest absolute Gasteiger partial charge is 0.481 e. The summed E-state index contributed by atoms with van der Waals surface area (Å²) in [6, 6.07) is 9.86. The smallest absolute Gasteiger partial charge is 0.308 e. The predicted octanol–water partition coefficient (Wildman–Crippen LogP) is 2.16. The van der Waals surface area contributed by atoms with Crippen molar-refractivity contribution in [1.29, 1.82) is 0 Å². The number of aliphatic carboxylic acids is 1. The van der Waals surface area contributed by atoms with Crippen molar-refractivity contribution in [2.45, 2.75) is 26.4 Å². The van der Waals surface area contributed by atoms with Crippen molar-refractivity contribution in [3.05, 3.63) is 35.9 Å². The van der Waals surface area contributed by atoms with E-state index in [1.165, 1.54) is 4.90 Å². The van der Waals surface area contributed by atoms with Gasteiger partial charge in [-0.25, -0.2) is 0 Å². The average Bonchev–Trinajstić information content (AvgIpc) is 2.47. The summed E-state index contributed by atoms with van der Waals surface area (Å²) in [5.74, 6) is -1.49. The lowest BCUT2D eigenvalue weighted by Crippen LogP contribution is -2.33. The van der Waals surface area contributed by atoms with E-state index < -0.39 is 11.9 Å². The summed E-state index contributed by atoms with van der Waals surface area (Å²) >= 11 is 0. The van der Waals surface area contributed by atoms with Crippen LogP contribution < -0.4 is 0 Å². The number of carboxylic acid groups (broad SMARTS) is 1. The second kappa shape index (κ2) is 9.13. The van der Waals surface area contributed by atoms with Gasteiger partial charge in [0.15, 0.2) is 0 Å². The summed E-state index contributed by atoms with van der Waals surface area (Å²) < 4.78 is 5.50. The number of amides is 1. The molecule has 0 radical (unpaired) electrons. The van der Waals surface area contributed by atoms with E-state index in [0.29, 0.717) is 26.1 Å². The highest BCUT2D eigenvalue weighted by Crippen LogP contribution is 2.04. The van der Waals surface area contributed by atoms with E-state index in [4.69, 9.17) is 9.84 Å². The molecule has 1 aromatic rings. The van der Waals surface area contributed by atoms with Crippen LogP contribution in [0.5, 0.6) is 0 Å². The van der Waals surface area contributed by atoms with Crippen molar-refractivity contribution < 1.29 is 19.4 Å². The third kappa shape index (κ3) is 6.90. The van der Waals surface area contributed by atoms with E-state index in [1.807, 2.05) is 30.3 Å². The lowest BCUT2D eigenvalue weighted by Gasteiger charge is -2.19. The van der Waals surface area contributed by atoms with E-state index in [2.05, 4.69) is 0 Å². The van der Waals surface area contributed by atoms with E-state index in [-0.39, 0.29) is 12.5 Å². The number of benzene rings is 1. The van der Waals surface area contributed by atoms with Gasteiger partial charge in [-0.05, 0) is 12.0 Å². The van der Waals surface area contributed by atoms with Crippen LogP contribution in [-0.4, -0.2) is 42.1 Å². The summed E-state index contributed by atoms with van der Waals surface area (Å²) in [6.45, 7) is 2.89. The number of nitrogens with zero attached hydrogens (tertiary/aromatic N) is 1. The first-order valence-electron chi connectivity index (χ1n) is 7.09. The molecule has 116 valence electrons. The quantitative estimate of drug-likeness (QED) is 0.709. The fourth-order valence-corrected chi connectivity index (χ4v) is 1.87. The Bertz CT molecular complexity index is 447. The van der Waals surface area contributed by atoms with Gasteiger partial charge < -0.3 is 14.7 Å². The molecule has 1 N–H and O–H groups in total. The fraction of sp³-hybridized carbons (Fsp3) is 0.500. The summed E-state index contributed by atoms with van der Waals surface area (Å²) in [4.78, 5) is 24.0. The van der Waals surface area contributed by atoms with Gasteiger partial charge in [0, 0.05) is 26.6 Å². The van der Waals surface area contributed by atoms with E-state index in [0.717, 1.165) is 5.56 Å². The summed E-state index contributed by atoms with van der Waals surface area (Å²) in [6.07, 6.45) is 1.01. The third-order valence-corrected chi connectivity index (χ3v) is 3.19. The molecule has 0 saturated heterocycles. The van der Waals surface area contributed by atoms with Gasteiger partial charge in [0.1, 0.15) is 0 Å². The number of carboxylic acids is 1. The molecule has 0 heterocycles. The molecule has 5 heteroatoms. The van der Waals surface area contributed by atoms with Gasteiger partial charge in [-0.15, -0.1) is 0 Å². The van der Waals surface area contributed by atoms with Crippen LogP contribution in [-0.2, 0) is 20.9 Å². The van der Waals surface area contributed by atoms with Gasteiger partial charge in [-0.2, -0.15) is 0 Å². The molecule has 1 atom stereocenters. The Morgan fingerprint density at radius 1 is 1.29 bits per heavy atom. The lowest BCUT2D eigenvalue weighted by atomic mass is 10.1. The first-order chi connectivity index (χ1) is 10.0. The van der Waals surface area contributed by atoms with E-state index >= 15 is 0 Å².